The van der Waals surface area contributed by atoms with E-state index in [2.05, 4.69) is 55.3 Å². The average Bonchev–Trinajstić information content (AvgIpc) is 2.54. The van der Waals surface area contributed by atoms with Crippen LogP contribution < -0.4 is 5.32 Å². The van der Waals surface area contributed by atoms with E-state index in [0.29, 0.717) is 0 Å². The normalized spacial score (nSPS) is 13.5. The highest BCUT2D eigenvalue weighted by Gasteiger charge is 2.36. The zero-order valence-corrected chi connectivity index (χ0v) is 13.5. The Hall–Kier alpha value is -1.45. The van der Waals surface area contributed by atoms with E-state index in [1.807, 2.05) is 19.3 Å². The maximum atomic E-state index is 6.17. The Morgan fingerprint density at radius 2 is 1.95 bits per heavy atom. The zero-order chi connectivity index (χ0) is 15.3. The van der Waals surface area contributed by atoms with Gasteiger partial charge in [0.05, 0.1) is 17.2 Å². The second-order valence-corrected chi connectivity index (χ2v) is 5.38. The van der Waals surface area contributed by atoms with Crippen LogP contribution in [0.4, 0.5) is 0 Å². The molecule has 114 valence electrons. The Kier molecular flexibility index (Phi) is 5.32. The number of likely N-dealkylation sites (N-methyl/N-ethyl adjacent to an activating group) is 1. The third-order valence-electron chi connectivity index (χ3n) is 4.40. The number of benzene rings is 1. The van der Waals surface area contributed by atoms with Crippen molar-refractivity contribution in [1.82, 2.24) is 10.3 Å². The third-order valence-corrected chi connectivity index (χ3v) is 4.40. The van der Waals surface area contributed by atoms with Crippen LogP contribution in [-0.2, 0) is 4.74 Å². The molecule has 2 aromatic rings. The van der Waals surface area contributed by atoms with Gasteiger partial charge in [0.25, 0.3) is 0 Å². The number of nitrogens with one attached hydrogen (secondary N) is 1. The second kappa shape index (κ2) is 7.01. The Morgan fingerprint density at radius 3 is 2.57 bits per heavy atom. The first-order chi connectivity index (χ1) is 10.2. The van der Waals surface area contributed by atoms with Crippen molar-refractivity contribution in [3.8, 4) is 0 Å². The summed E-state index contributed by atoms with van der Waals surface area (Å²) >= 11 is 0. The highest BCUT2D eigenvalue weighted by molar-refractivity contribution is 5.79. The molecule has 0 amide bonds. The quantitative estimate of drug-likeness (QED) is 0.832. The minimum atomic E-state index is -0.167. The van der Waals surface area contributed by atoms with E-state index in [0.717, 1.165) is 25.0 Å². The monoisotopic (exact) mass is 286 g/mol. The van der Waals surface area contributed by atoms with Gasteiger partial charge in [-0.15, -0.1) is 0 Å². The number of hydrogen-bond acceptors (Lipinski definition) is 3. The van der Waals surface area contributed by atoms with Crippen LogP contribution in [0.15, 0.2) is 36.5 Å². The lowest BCUT2D eigenvalue weighted by molar-refractivity contribution is -0.0717. The van der Waals surface area contributed by atoms with Gasteiger partial charge in [0, 0.05) is 18.2 Å². The zero-order valence-electron chi connectivity index (χ0n) is 13.5. The van der Waals surface area contributed by atoms with Gasteiger partial charge in [-0.25, -0.2) is 0 Å². The lowest BCUT2D eigenvalue weighted by atomic mass is 9.83. The third kappa shape index (κ3) is 3.09. The molecule has 0 saturated heterocycles. The van der Waals surface area contributed by atoms with E-state index in [1.165, 1.54) is 10.9 Å². The number of nitrogens with zero attached hydrogens (tertiary/aromatic N) is 1. The minimum absolute atomic E-state index is 0.167. The van der Waals surface area contributed by atoms with Crippen molar-refractivity contribution in [2.75, 3.05) is 13.7 Å². The van der Waals surface area contributed by atoms with Crippen LogP contribution in [-0.4, -0.2) is 24.2 Å². The molecule has 1 aromatic heterocycles. The standard InChI is InChI=1S/C18H26N2O/c1-5-18(6-2,21-7-3)17(19-4)15-10-11-16-14(13-15)9-8-12-20-16/h8-13,17,19H,5-7H2,1-4H3. The summed E-state index contributed by atoms with van der Waals surface area (Å²) in [4.78, 5) is 4.39. The predicted octanol–water partition coefficient (Wildman–Crippen LogP) is 4.09. The summed E-state index contributed by atoms with van der Waals surface area (Å²) in [6.45, 7) is 7.20. The first kappa shape index (κ1) is 15.9. The summed E-state index contributed by atoms with van der Waals surface area (Å²) < 4.78 is 6.17. The summed E-state index contributed by atoms with van der Waals surface area (Å²) in [5.41, 5.74) is 2.13. The van der Waals surface area contributed by atoms with E-state index >= 15 is 0 Å². The number of fused-ring (bicyclic) bond motifs is 1. The molecular weight excluding hydrogens is 260 g/mol. The van der Waals surface area contributed by atoms with Crippen LogP contribution in [0, 0.1) is 0 Å². The van der Waals surface area contributed by atoms with Gasteiger partial charge in [0.1, 0.15) is 0 Å². The largest absolute Gasteiger partial charge is 0.373 e. The smallest absolute Gasteiger partial charge is 0.0870 e. The van der Waals surface area contributed by atoms with Crippen molar-refractivity contribution in [1.29, 1.82) is 0 Å². The molecule has 1 unspecified atom stereocenters. The summed E-state index contributed by atoms with van der Waals surface area (Å²) in [7, 11) is 2.01. The molecule has 21 heavy (non-hydrogen) atoms. The average molecular weight is 286 g/mol. The summed E-state index contributed by atoms with van der Waals surface area (Å²) in [6.07, 6.45) is 3.79. The second-order valence-electron chi connectivity index (χ2n) is 5.38. The first-order valence-corrected chi connectivity index (χ1v) is 7.86. The van der Waals surface area contributed by atoms with E-state index in [-0.39, 0.29) is 11.6 Å². The molecule has 0 spiro atoms. The van der Waals surface area contributed by atoms with Crippen LogP contribution in [0.1, 0.15) is 45.2 Å². The van der Waals surface area contributed by atoms with Crippen molar-refractivity contribution < 1.29 is 4.74 Å². The van der Waals surface area contributed by atoms with Crippen molar-refractivity contribution in [2.45, 2.75) is 45.3 Å². The molecule has 1 heterocycles. The van der Waals surface area contributed by atoms with Crippen LogP contribution in [0.5, 0.6) is 0 Å². The molecule has 0 radical (unpaired) electrons. The summed E-state index contributed by atoms with van der Waals surface area (Å²) in [5.74, 6) is 0. The maximum absolute atomic E-state index is 6.17. The van der Waals surface area contributed by atoms with Crippen molar-refractivity contribution in [3.05, 3.63) is 42.1 Å². The van der Waals surface area contributed by atoms with Gasteiger partial charge in [0.2, 0.25) is 0 Å². The van der Waals surface area contributed by atoms with Crippen LogP contribution in [0.2, 0.25) is 0 Å². The number of pyridine rings is 1. The minimum Gasteiger partial charge on any atom is -0.373 e. The molecule has 0 fully saturated rings. The molecule has 3 heteroatoms. The molecule has 1 atom stereocenters. The summed E-state index contributed by atoms with van der Waals surface area (Å²) in [6, 6.07) is 10.8. The molecular formula is C18H26N2O. The maximum Gasteiger partial charge on any atom is 0.0870 e. The van der Waals surface area contributed by atoms with E-state index < -0.39 is 0 Å². The SMILES string of the molecule is CCOC(CC)(CC)C(NC)c1ccc2ncccc2c1. The molecule has 0 bridgehead atoms. The number of hydrogen-bond donors (Lipinski definition) is 1. The molecule has 0 aliphatic heterocycles. The van der Waals surface area contributed by atoms with E-state index in [9.17, 15) is 0 Å². The van der Waals surface area contributed by atoms with Crippen molar-refractivity contribution in [2.24, 2.45) is 0 Å². The van der Waals surface area contributed by atoms with Crippen LogP contribution >= 0.6 is 0 Å². The van der Waals surface area contributed by atoms with Gasteiger partial charge < -0.3 is 10.1 Å². The summed E-state index contributed by atoms with van der Waals surface area (Å²) in [5, 5.41) is 4.64. The van der Waals surface area contributed by atoms with Gasteiger partial charge in [-0.2, -0.15) is 0 Å². The lowest BCUT2D eigenvalue weighted by Gasteiger charge is -2.39. The topological polar surface area (TPSA) is 34.1 Å². The lowest BCUT2D eigenvalue weighted by Crippen LogP contribution is -2.44. The molecule has 0 aliphatic carbocycles. The number of aromatic nitrogens is 1. The highest BCUT2D eigenvalue weighted by atomic mass is 16.5. The van der Waals surface area contributed by atoms with Crippen LogP contribution in [0.3, 0.4) is 0 Å². The van der Waals surface area contributed by atoms with Gasteiger partial charge in [-0.05, 0) is 50.6 Å². The van der Waals surface area contributed by atoms with Crippen molar-refractivity contribution in [3.63, 3.8) is 0 Å². The van der Waals surface area contributed by atoms with Crippen LogP contribution in [0.25, 0.3) is 10.9 Å². The van der Waals surface area contributed by atoms with Gasteiger partial charge in [0.15, 0.2) is 0 Å². The van der Waals surface area contributed by atoms with Gasteiger partial charge in [-0.1, -0.05) is 26.0 Å². The molecule has 0 saturated carbocycles. The van der Waals surface area contributed by atoms with E-state index in [4.69, 9.17) is 4.74 Å². The first-order valence-electron chi connectivity index (χ1n) is 7.86. The van der Waals surface area contributed by atoms with Crippen molar-refractivity contribution >= 4 is 10.9 Å². The van der Waals surface area contributed by atoms with E-state index in [1.54, 1.807) is 0 Å². The van der Waals surface area contributed by atoms with Gasteiger partial charge in [-0.3, -0.25) is 4.98 Å². The highest BCUT2D eigenvalue weighted by Crippen LogP contribution is 2.36. The Balaban J connectivity index is 2.46. The molecule has 1 N–H and O–H groups in total. The predicted molar refractivity (Wildman–Crippen MR) is 88.5 cm³/mol. The Morgan fingerprint density at radius 1 is 1.19 bits per heavy atom. The molecule has 1 aromatic carbocycles. The van der Waals surface area contributed by atoms with Gasteiger partial charge >= 0.3 is 0 Å². The molecule has 2 rings (SSSR count). The Labute approximate surface area is 127 Å². The fraction of sp³-hybridized carbons (Fsp3) is 0.500. The Bertz CT molecular complexity index is 578. The number of rotatable bonds is 7. The number of ether oxygens (including phenoxy) is 1. The molecule has 3 nitrogen and oxygen atoms in total. The fourth-order valence-corrected chi connectivity index (χ4v) is 3.24. The molecule has 0 aliphatic rings. The fourth-order valence-electron chi connectivity index (χ4n) is 3.24.